The van der Waals surface area contributed by atoms with E-state index in [4.69, 9.17) is 0 Å². The highest BCUT2D eigenvalue weighted by Gasteiger charge is 2.10. The quantitative estimate of drug-likeness (QED) is 0.477. The lowest BCUT2D eigenvalue weighted by atomic mass is 9.98. The zero-order chi connectivity index (χ0) is 6.97. The molecule has 0 spiro atoms. The van der Waals surface area contributed by atoms with Gasteiger partial charge in [-0.2, -0.15) is 0 Å². The molecule has 10 heavy (non-hydrogen) atoms. The second-order valence-corrected chi connectivity index (χ2v) is 2.67. The van der Waals surface area contributed by atoms with E-state index in [9.17, 15) is 0 Å². The van der Waals surface area contributed by atoms with Gasteiger partial charge in [0.25, 0.3) is 0 Å². The highest BCUT2D eigenvalue weighted by atomic mass is 14.7. The highest BCUT2D eigenvalue weighted by Crippen LogP contribution is 2.18. The van der Waals surface area contributed by atoms with E-state index in [-0.39, 0.29) is 0 Å². The first-order chi connectivity index (χ1) is 4.86. The molecule has 0 bridgehead atoms. The molecule has 1 nitrogen and oxygen atoms in total. The third-order valence-corrected chi connectivity index (χ3v) is 1.76. The van der Waals surface area contributed by atoms with Crippen LogP contribution in [0, 0.1) is 5.92 Å². The summed E-state index contributed by atoms with van der Waals surface area (Å²) in [6, 6.07) is 0. The van der Waals surface area contributed by atoms with Crippen LogP contribution in [-0.4, -0.2) is 5.71 Å². The van der Waals surface area contributed by atoms with Crippen LogP contribution in [0.4, 0.5) is 0 Å². The average Bonchev–Trinajstić information content (AvgIpc) is 2.33. The Labute approximate surface area is 60.5 Å². The fourth-order valence-electron chi connectivity index (χ4n) is 1.22. The minimum atomic E-state index is 0.566. The van der Waals surface area contributed by atoms with Gasteiger partial charge >= 0.3 is 0 Å². The van der Waals surface area contributed by atoms with Crippen molar-refractivity contribution in [2.75, 3.05) is 0 Å². The number of hydrogen-bond donors (Lipinski definition) is 0. The molecule has 0 aromatic carbocycles. The van der Waals surface area contributed by atoms with Crippen LogP contribution in [0.15, 0.2) is 41.1 Å². The summed E-state index contributed by atoms with van der Waals surface area (Å²) in [4.78, 5) is 4.17. The van der Waals surface area contributed by atoms with Crippen LogP contribution in [0.1, 0.15) is 6.92 Å². The molecular formula is C9H9N. The lowest BCUT2D eigenvalue weighted by Crippen LogP contribution is -2.01. The first kappa shape index (κ1) is 5.66. The van der Waals surface area contributed by atoms with Crippen molar-refractivity contribution in [3.8, 4) is 0 Å². The molecule has 1 aliphatic heterocycles. The van der Waals surface area contributed by atoms with Crippen molar-refractivity contribution in [1.82, 2.24) is 0 Å². The Hall–Kier alpha value is -1.11. The van der Waals surface area contributed by atoms with Crippen molar-refractivity contribution >= 4 is 5.71 Å². The van der Waals surface area contributed by atoms with E-state index in [0.29, 0.717) is 5.92 Å². The van der Waals surface area contributed by atoms with Crippen molar-refractivity contribution in [2.24, 2.45) is 10.9 Å². The molecule has 0 saturated heterocycles. The topological polar surface area (TPSA) is 12.4 Å². The Balaban J connectivity index is 2.41. The summed E-state index contributed by atoms with van der Waals surface area (Å²) in [7, 11) is 0. The van der Waals surface area contributed by atoms with Gasteiger partial charge in [0.2, 0.25) is 0 Å². The molecule has 1 aliphatic carbocycles. The molecule has 1 atom stereocenters. The molecule has 0 N–H and O–H groups in total. The summed E-state index contributed by atoms with van der Waals surface area (Å²) in [5.41, 5.74) is 2.38. The Bertz CT molecular complexity index is 266. The monoisotopic (exact) mass is 131 g/mol. The molecule has 2 aliphatic rings. The molecule has 0 fully saturated rings. The second kappa shape index (κ2) is 1.94. The van der Waals surface area contributed by atoms with Crippen LogP contribution in [0.2, 0.25) is 0 Å². The van der Waals surface area contributed by atoms with Crippen molar-refractivity contribution in [1.29, 1.82) is 0 Å². The van der Waals surface area contributed by atoms with Crippen molar-refractivity contribution < 1.29 is 0 Å². The van der Waals surface area contributed by atoms with Crippen molar-refractivity contribution in [2.45, 2.75) is 6.92 Å². The molecule has 0 saturated carbocycles. The Morgan fingerprint density at radius 1 is 1.40 bits per heavy atom. The van der Waals surface area contributed by atoms with Crippen LogP contribution in [-0.2, 0) is 0 Å². The average molecular weight is 131 g/mol. The number of rotatable bonds is 0. The van der Waals surface area contributed by atoms with Crippen molar-refractivity contribution in [3.63, 3.8) is 0 Å². The predicted molar refractivity (Wildman–Crippen MR) is 43.0 cm³/mol. The lowest BCUT2D eigenvalue weighted by molar-refractivity contribution is 0.932. The lowest BCUT2D eigenvalue weighted by Gasteiger charge is -2.07. The molecule has 0 aromatic heterocycles. The third kappa shape index (κ3) is 0.747. The standard InChI is InChI=1S/C9H9N/c1-7-2-3-9-8(6-7)4-5-10-9/h2-7H,1H3. The van der Waals surface area contributed by atoms with E-state index in [0.717, 1.165) is 5.71 Å². The number of aliphatic imine (C=N–C) groups is 1. The van der Waals surface area contributed by atoms with Gasteiger partial charge < -0.3 is 0 Å². The maximum Gasteiger partial charge on any atom is 0.0696 e. The van der Waals surface area contributed by atoms with Gasteiger partial charge in [-0.25, -0.2) is 0 Å². The fourth-order valence-corrected chi connectivity index (χ4v) is 1.22. The zero-order valence-electron chi connectivity index (χ0n) is 5.91. The normalized spacial score (nSPS) is 27.9. The minimum absolute atomic E-state index is 0.566. The van der Waals surface area contributed by atoms with E-state index in [1.54, 1.807) is 0 Å². The summed E-state index contributed by atoms with van der Waals surface area (Å²) in [5.74, 6) is 0.566. The maximum atomic E-state index is 4.17. The fraction of sp³-hybridized carbons (Fsp3) is 0.222. The highest BCUT2D eigenvalue weighted by molar-refractivity contribution is 6.12. The van der Waals surface area contributed by atoms with Crippen LogP contribution >= 0.6 is 0 Å². The molecule has 0 radical (unpaired) electrons. The van der Waals surface area contributed by atoms with E-state index in [1.807, 2.05) is 6.20 Å². The third-order valence-electron chi connectivity index (χ3n) is 1.76. The predicted octanol–water partition coefficient (Wildman–Crippen LogP) is 2.09. The number of hydrogen-bond acceptors (Lipinski definition) is 1. The summed E-state index contributed by atoms with van der Waals surface area (Å²) in [5, 5.41) is 0. The van der Waals surface area contributed by atoms with Gasteiger partial charge in [-0.15, -0.1) is 0 Å². The maximum absolute atomic E-state index is 4.17. The Morgan fingerprint density at radius 3 is 3.20 bits per heavy atom. The zero-order valence-corrected chi connectivity index (χ0v) is 5.91. The van der Waals surface area contributed by atoms with Gasteiger partial charge in [0.05, 0.1) is 5.71 Å². The summed E-state index contributed by atoms with van der Waals surface area (Å²) in [6.07, 6.45) is 10.4. The first-order valence-corrected chi connectivity index (χ1v) is 3.51. The number of allylic oxidation sites excluding steroid dienone is 5. The van der Waals surface area contributed by atoms with Gasteiger partial charge in [0.1, 0.15) is 0 Å². The molecule has 1 heterocycles. The van der Waals surface area contributed by atoms with Crippen LogP contribution in [0.5, 0.6) is 0 Å². The second-order valence-electron chi connectivity index (χ2n) is 2.67. The van der Waals surface area contributed by atoms with E-state index in [2.05, 4.69) is 36.2 Å². The minimum Gasteiger partial charge on any atom is -0.256 e. The van der Waals surface area contributed by atoms with Crippen LogP contribution in [0.3, 0.4) is 0 Å². The van der Waals surface area contributed by atoms with Gasteiger partial charge in [-0.1, -0.05) is 19.1 Å². The van der Waals surface area contributed by atoms with Crippen LogP contribution < -0.4 is 0 Å². The SMILES string of the molecule is CC1C=CC2=NC=CC2=C1. The largest absolute Gasteiger partial charge is 0.256 e. The smallest absolute Gasteiger partial charge is 0.0696 e. The molecule has 0 aromatic rings. The van der Waals surface area contributed by atoms with Gasteiger partial charge in [0.15, 0.2) is 0 Å². The number of nitrogens with zero attached hydrogens (tertiary/aromatic N) is 1. The van der Waals surface area contributed by atoms with Crippen LogP contribution in [0.25, 0.3) is 0 Å². The molecular weight excluding hydrogens is 122 g/mol. The summed E-state index contributed by atoms with van der Waals surface area (Å²) < 4.78 is 0. The first-order valence-electron chi connectivity index (χ1n) is 3.51. The van der Waals surface area contributed by atoms with E-state index >= 15 is 0 Å². The van der Waals surface area contributed by atoms with Crippen molar-refractivity contribution in [3.05, 3.63) is 36.1 Å². The summed E-state index contributed by atoms with van der Waals surface area (Å²) >= 11 is 0. The number of fused-ring (bicyclic) bond motifs is 1. The van der Waals surface area contributed by atoms with Gasteiger partial charge in [-0.05, 0) is 23.6 Å². The summed E-state index contributed by atoms with van der Waals surface area (Å²) in [6.45, 7) is 2.17. The van der Waals surface area contributed by atoms with Gasteiger partial charge in [0, 0.05) is 6.20 Å². The molecule has 1 unspecified atom stereocenters. The van der Waals surface area contributed by atoms with E-state index < -0.39 is 0 Å². The molecule has 50 valence electrons. The van der Waals surface area contributed by atoms with Gasteiger partial charge in [-0.3, -0.25) is 4.99 Å². The van der Waals surface area contributed by atoms with E-state index in [1.165, 1.54) is 5.57 Å². The Morgan fingerprint density at radius 2 is 2.30 bits per heavy atom. The molecule has 1 heteroatoms. The Kier molecular flexibility index (Phi) is 1.10. The molecule has 0 amide bonds. The molecule has 2 rings (SSSR count).